The number of carbonyl (C=O) groups is 1. The van der Waals surface area contributed by atoms with Crippen molar-refractivity contribution in [2.24, 2.45) is 17.8 Å². The third-order valence-corrected chi connectivity index (χ3v) is 4.43. The maximum Gasteiger partial charge on any atom is 0.540 e. The molecule has 1 fully saturated rings. The number of hydrogen-bond acceptors (Lipinski definition) is 4. The molecule has 0 spiro atoms. The van der Waals surface area contributed by atoms with Crippen molar-refractivity contribution in [3.05, 3.63) is 0 Å². The van der Waals surface area contributed by atoms with Crippen LogP contribution < -0.4 is 0 Å². The average molecular weight is 258 g/mol. The molecule has 3 unspecified atom stereocenters. The largest absolute Gasteiger partial charge is 0.540 e. The van der Waals surface area contributed by atoms with Gasteiger partial charge in [0.2, 0.25) is 0 Å². The lowest BCUT2D eigenvalue weighted by Crippen LogP contribution is -2.45. The van der Waals surface area contributed by atoms with E-state index >= 15 is 0 Å². The second kappa shape index (κ2) is 6.41. The maximum atomic E-state index is 11.2. The van der Waals surface area contributed by atoms with Crippen molar-refractivity contribution in [3.63, 3.8) is 0 Å². The smallest absolute Gasteiger partial charge is 0.426 e. The molecule has 1 aliphatic carbocycles. The van der Waals surface area contributed by atoms with E-state index in [9.17, 15) is 4.79 Å². The summed E-state index contributed by atoms with van der Waals surface area (Å²) in [5.74, 6) is 1.71. The fourth-order valence-electron chi connectivity index (χ4n) is 3.13. The van der Waals surface area contributed by atoms with E-state index in [1.165, 1.54) is 0 Å². The summed E-state index contributed by atoms with van der Waals surface area (Å²) in [6.45, 7) is 8.60. The highest BCUT2D eigenvalue weighted by molar-refractivity contribution is 5.59. The van der Waals surface area contributed by atoms with E-state index in [2.05, 4.69) is 25.7 Å². The topological polar surface area (TPSA) is 55.8 Å². The predicted octanol–water partition coefficient (Wildman–Crippen LogP) is 4.24. The van der Waals surface area contributed by atoms with Crippen molar-refractivity contribution in [2.75, 3.05) is 0 Å². The van der Waals surface area contributed by atoms with Gasteiger partial charge in [-0.3, -0.25) is 4.89 Å². The number of rotatable bonds is 4. The molecule has 1 rings (SSSR count). The predicted molar refractivity (Wildman–Crippen MR) is 69.2 cm³/mol. The molecule has 1 aliphatic rings. The van der Waals surface area contributed by atoms with Gasteiger partial charge in [-0.25, -0.2) is 4.79 Å². The molecule has 106 valence electrons. The van der Waals surface area contributed by atoms with Gasteiger partial charge < -0.3 is 4.74 Å². The molecule has 1 N–H and O–H groups in total. The van der Waals surface area contributed by atoms with Crippen LogP contribution in [0.3, 0.4) is 0 Å². The highest BCUT2D eigenvalue weighted by Gasteiger charge is 2.43. The van der Waals surface area contributed by atoms with Crippen LogP contribution in [0.4, 0.5) is 4.79 Å². The summed E-state index contributed by atoms with van der Waals surface area (Å²) < 4.78 is 5.31. The maximum absolute atomic E-state index is 11.2. The van der Waals surface area contributed by atoms with E-state index in [4.69, 9.17) is 9.99 Å². The third kappa shape index (κ3) is 3.61. The van der Waals surface area contributed by atoms with Gasteiger partial charge in [-0.05, 0) is 50.4 Å². The molecular weight excluding hydrogens is 232 g/mol. The van der Waals surface area contributed by atoms with Crippen LogP contribution in [0.15, 0.2) is 0 Å². The SMILES string of the molecule is CCCC1CC(C(C)C)CCC1(C)OC(=O)OO. The summed E-state index contributed by atoms with van der Waals surface area (Å²) in [5.41, 5.74) is -0.499. The molecule has 0 heterocycles. The standard InChI is InChI=1S/C14H26O4/c1-5-6-12-9-11(10(2)3)7-8-14(12,4)17-13(15)18-16/h10-12,16H,5-9H2,1-4H3. The van der Waals surface area contributed by atoms with Crippen LogP contribution in [0.1, 0.15) is 59.8 Å². The monoisotopic (exact) mass is 258 g/mol. The molecule has 4 nitrogen and oxygen atoms in total. The Hall–Kier alpha value is -0.770. The van der Waals surface area contributed by atoms with Crippen molar-refractivity contribution < 1.29 is 19.7 Å². The lowest BCUT2D eigenvalue weighted by atomic mass is 9.67. The summed E-state index contributed by atoms with van der Waals surface area (Å²) >= 11 is 0. The summed E-state index contributed by atoms with van der Waals surface area (Å²) in [6, 6.07) is 0. The van der Waals surface area contributed by atoms with Crippen LogP contribution >= 0.6 is 0 Å². The first-order chi connectivity index (χ1) is 8.42. The molecule has 0 aliphatic heterocycles. The zero-order valence-electron chi connectivity index (χ0n) is 11.9. The Morgan fingerprint density at radius 3 is 2.67 bits per heavy atom. The number of carbonyl (C=O) groups excluding carboxylic acids is 1. The first-order valence-electron chi connectivity index (χ1n) is 6.97. The molecule has 3 atom stereocenters. The zero-order chi connectivity index (χ0) is 13.8. The Morgan fingerprint density at radius 2 is 2.17 bits per heavy atom. The minimum atomic E-state index is -0.985. The molecule has 0 bridgehead atoms. The van der Waals surface area contributed by atoms with E-state index in [0.29, 0.717) is 17.8 Å². The van der Waals surface area contributed by atoms with Crippen LogP contribution in [-0.4, -0.2) is 17.0 Å². The molecule has 4 heteroatoms. The normalized spacial score (nSPS) is 32.3. The van der Waals surface area contributed by atoms with E-state index < -0.39 is 11.8 Å². The van der Waals surface area contributed by atoms with Crippen molar-refractivity contribution in [1.82, 2.24) is 0 Å². The Kier molecular flexibility index (Phi) is 5.45. The zero-order valence-corrected chi connectivity index (χ0v) is 11.9. The van der Waals surface area contributed by atoms with Gasteiger partial charge in [0.05, 0.1) is 0 Å². The van der Waals surface area contributed by atoms with E-state index in [0.717, 1.165) is 32.1 Å². The van der Waals surface area contributed by atoms with Gasteiger partial charge in [0.1, 0.15) is 5.60 Å². The van der Waals surface area contributed by atoms with Crippen molar-refractivity contribution in [3.8, 4) is 0 Å². The van der Waals surface area contributed by atoms with Gasteiger partial charge in [-0.1, -0.05) is 27.2 Å². The summed E-state index contributed by atoms with van der Waals surface area (Å²) in [5, 5.41) is 8.36. The van der Waals surface area contributed by atoms with E-state index in [-0.39, 0.29) is 0 Å². The molecular formula is C14H26O4. The second-order valence-corrected chi connectivity index (χ2v) is 6.02. The second-order valence-electron chi connectivity index (χ2n) is 6.02. The fraction of sp³-hybridized carbons (Fsp3) is 0.929. The van der Waals surface area contributed by atoms with Gasteiger partial charge >= 0.3 is 6.16 Å². The average Bonchev–Trinajstić information content (AvgIpc) is 2.31. The van der Waals surface area contributed by atoms with E-state index in [1.54, 1.807) is 0 Å². The Labute approximate surface area is 110 Å². The van der Waals surface area contributed by atoms with Gasteiger partial charge in [0, 0.05) is 0 Å². The van der Waals surface area contributed by atoms with Crippen molar-refractivity contribution in [1.29, 1.82) is 0 Å². The van der Waals surface area contributed by atoms with Crippen molar-refractivity contribution >= 4 is 6.16 Å². The molecule has 0 saturated heterocycles. The lowest BCUT2D eigenvalue weighted by molar-refractivity contribution is -0.220. The summed E-state index contributed by atoms with van der Waals surface area (Å²) in [4.78, 5) is 14.8. The summed E-state index contributed by atoms with van der Waals surface area (Å²) in [6.07, 6.45) is 4.12. The van der Waals surface area contributed by atoms with Crippen LogP contribution in [0.5, 0.6) is 0 Å². The van der Waals surface area contributed by atoms with Gasteiger partial charge in [-0.15, -0.1) is 0 Å². The highest BCUT2D eigenvalue weighted by atomic mass is 17.1. The molecule has 0 radical (unpaired) electrons. The van der Waals surface area contributed by atoms with Crippen LogP contribution in [0.2, 0.25) is 0 Å². The number of ether oxygens (including phenoxy) is 1. The number of hydrogen-bond donors (Lipinski definition) is 1. The van der Waals surface area contributed by atoms with Gasteiger partial charge in [0.25, 0.3) is 0 Å². The molecule has 0 aromatic rings. The van der Waals surface area contributed by atoms with Gasteiger partial charge in [0.15, 0.2) is 0 Å². The minimum absolute atomic E-state index is 0.350. The highest BCUT2D eigenvalue weighted by Crippen LogP contribution is 2.44. The lowest BCUT2D eigenvalue weighted by Gasteiger charge is -2.44. The molecule has 0 aromatic heterocycles. The Morgan fingerprint density at radius 1 is 1.50 bits per heavy atom. The van der Waals surface area contributed by atoms with Crippen LogP contribution in [0, 0.1) is 17.8 Å². The fourth-order valence-corrected chi connectivity index (χ4v) is 3.13. The molecule has 0 amide bonds. The van der Waals surface area contributed by atoms with E-state index in [1.807, 2.05) is 6.92 Å². The van der Waals surface area contributed by atoms with Crippen LogP contribution in [0.25, 0.3) is 0 Å². The Balaban J connectivity index is 2.74. The van der Waals surface area contributed by atoms with Gasteiger partial charge in [-0.2, -0.15) is 5.26 Å². The summed E-state index contributed by atoms with van der Waals surface area (Å²) in [7, 11) is 0. The molecule has 1 saturated carbocycles. The quantitative estimate of drug-likeness (QED) is 0.465. The molecule has 18 heavy (non-hydrogen) atoms. The third-order valence-electron chi connectivity index (χ3n) is 4.43. The minimum Gasteiger partial charge on any atom is -0.426 e. The Bertz CT molecular complexity index is 277. The first-order valence-corrected chi connectivity index (χ1v) is 6.97. The molecule has 0 aromatic carbocycles. The van der Waals surface area contributed by atoms with Crippen molar-refractivity contribution in [2.45, 2.75) is 65.4 Å². The first kappa shape index (κ1) is 15.3. The van der Waals surface area contributed by atoms with Crippen LogP contribution in [-0.2, 0) is 9.62 Å².